The molecule has 0 aliphatic heterocycles. The van der Waals surface area contributed by atoms with Gasteiger partial charge in [0.2, 0.25) is 3.79 Å². The van der Waals surface area contributed by atoms with Gasteiger partial charge in [-0.25, -0.2) is 0 Å². The average Bonchev–Trinajstić information content (AvgIpc) is 1.86. The Hall–Kier alpha value is 1.06. The third-order valence-electron chi connectivity index (χ3n) is 1.19. The monoisotopic (exact) mass is 290 g/mol. The van der Waals surface area contributed by atoms with Crippen molar-refractivity contribution in [1.82, 2.24) is 0 Å². The van der Waals surface area contributed by atoms with E-state index in [2.05, 4.69) is 12.6 Å². The number of benzene rings is 1. The molecule has 0 bridgehead atoms. The smallest absolute Gasteiger partial charge is 0.143 e. The van der Waals surface area contributed by atoms with E-state index < -0.39 is 3.79 Å². The molecular formula is C7H5Cl3SZn+2. The maximum absolute atomic E-state index is 5.62. The molecule has 0 fully saturated rings. The van der Waals surface area contributed by atoms with E-state index in [4.69, 9.17) is 34.8 Å². The summed E-state index contributed by atoms with van der Waals surface area (Å²) in [6, 6.07) is 7.02. The molecule has 0 radical (unpaired) electrons. The Morgan fingerprint density at radius 1 is 1.00 bits per heavy atom. The largest absolute Gasteiger partial charge is 2.00 e. The van der Waals surface area contributed by atoms with Crippen LogP contribution in [-0.4, -0.2) is 0 Å². The molecule has 0 amide bonds. The van der Waals surface area contributed by atoms with E-state index >= 15 is 0 Å². The van der Waals surface area contributed by atoms with Gasteiger partial charge in [0, 0.05) is 10.5 Å². The second-order valence-corrected chi connectivity index (χ2v) is 4.84. The number of rotatable bonds is 0. The van der Waals surface area contributed by atoms with Crippen LogP contribution in [-0.2, 0) is 23.3 Å². The van der Waals surface area contributed by atoms with Crippen LogP contribution in [0, 0.1) is 0 Å². The van der Waals surface area contributed by atoms with Gasteiger partial charge in [-0.15, -0.1) is 12.6 Å². The van der Waals surface area contributed by atoms with Crippen LogP contribution < -0.4 is 0 Å². The Kier molecular flexibility index (Phi) is 5.52. The predicted octanol–water partition coefficient (Wildman–Crippen LogP) is 3.80. The number of halogens is 3. The Labute approximate surface area is 105 Å². The normalized spacial score (nSPS) is 10.7. The summed E-state index contributed by atoms with van der Waals surface area (Å²) in [5.41, 5.74) is 0.653. The molecule has 0 heterocycles. The standard InChI is InChI=1S/C7H5Cl3S.Zn/c8-7(9,10)5-1-3-6(11)4-2-5;/h1-4,11H;/q;+2. The van der Waals surface area contributed by atoms with Crippen LogP contribution in [0.2, 0.25) is 0 Å². The number of hydrogen-bond donors (Lipinski definition) is 1. The molecule has 0 saturated carbocycles. The van der Waals surface area contributed by atoms with Gasteiger partial charge in [-0.2, -0.15) is 0 Å². The fourth-order valence-electron chi connectivity index (χ4n) is 0.650. The van der Waals surface area contributed by atoms with Crippen molar-refractivity contribution in [3.05, 3.63) is 29.8 Å². The molecule has 1 aromatic rings. The van der Waals surface area contributed by atoms with Gasteiger partial charge < -0.3 is 0 Å². The molecule has 0 aliphatic rings. The van der Waals surface area contributed by atoms with Crippen molar-refractivity contribution in [2.24, 2.45) is 0 Å². The quantitative estimate of drug-likeness (QED) is 0.420. The minimum Gasteiger partial charge on any atom is -0.143 e. The van der Waals surface area contributed by atoms with E-state index in [-0.39, 0.29) is 19.5 Å². The van der Waals surface area contributed by atoms with Crippen molar-refractivity contribution >= 4 is 47.4 Å². The van der Waals surface area contributed by atoms with Crippen LogP contribution in [0.5, 0.6) is 0 Å². The molecule has 0 nitrogen and oxygen atoms in total. The maximum atomic E-state index is 5.62. The third kappa shape index (κ3) is 3.85. The van der Waals surface area contributed by atoms with E-state index in [1.807, 2.05) is 0 Å². The Balaban J connectivity index is 0.00000121. The topological polar surface area (TPSA) is 0 Å². The van der Waals surface area contributed by atoms with Gasteiger partial charge >= 0.3 is 19.5 Å². The first-order chi connectivity index (χ1) is 5.00. The van der Waals surface area contributed by atoms with Crippen LogP contribution >= 0.6 is 47.4 Å². The summed E-state index contributed by atoms with van der Waals surface area (Å²) in [4.78, 5) is 0.850. The minimum absolute atomic E-state index is 0. The van der Waals surface area contributed by atoms with Gasteiger partial charge in [-0.1, -0.05) is 46.9 Å². The average molecular weight is 293 g/mol. The molecule has 0 aromatic heterocycles. The van der Waals surface area contributed by atoms with Gasteiger partial charge in [0.15, 0.2) is 0 Å². The van der Waals surface area contributed by atoms with Crippen LogP contribution in [0.25, 0.3) is 0 Å². The molecule has 0 N–H and O–H groups in total. The van der Waals surface area contributed by atoms with Gasteiger partial charge in [-0.3, -0.25) is 0 Å². The Morgan fingerprint density at radius 2 is 1.42 bits per heavy atom. The fourth-order valence-corrected chi connectivity index (χ4v) is 1.18. The first-order valence-electron chi connectivity index (χ1n) is 2.86. The molecule has 0 unspecified atom stereocenters. The second kappa shape index (κ2) is 5.07. The maximum Gasteiger partial charge on any atom is 2.00 e. The minimum atomic E-state index is -1.33. The predicted molar refractivity (Wildman–Crippen MR) is 52.9 cm³/mol. The summed E-state index contributed by atoms with van der Waals surface area (Å²) in [6.45, 7) is 0. The van der Waals surface area contributed by atoms with Crippen molar-refractivity contribution in [3.63, 3.8) is 0 Å². The SMILES string of the molecule is Sc1ccc(C(Cl)(Cl)Cl)cc1.[Zn+2]. The first kappa shape index (κ1) is 13.1. The molecule has 0 spiro atoms. The van der Waals surface area contributed by atoms with Crippen LogP contribution in [0.15, 0.2) is 29.2 Å². The van der Waals surface area contributed by atoms with Gasteiger partial charge in [-0.05, 0) is 12.1 Å². The summed E-state index contributed by atoms with van der Waals surface area (Å²) in [5, 5.41) is 0. The zero-order chi connectivity index (χ0) is 8.48. The second-order valence-electron chi connectivity index (χ2n) is 2.04. The van der Waals surface area contributed by atoms with E-state index in [1.54, 1.807) is 24.3 Å². The summed E-state index contributed by atoms with van der Waals surface area (Å²) >= 11 is 20.9. The molecular weight excluding hydrogens is 288 g/mol. The third-order valence-corrected chi connectivity index (χ3v) is 2.15. The Morgan fingerprint density at radius 3 is 1.75 bits per heavy atom. The van der Waals surface area contributed by atoms with Crippen molar-refractivity contribution in [1.29, 1.82) is 0 Å². The molecule has 60 valence electrons. The number of hydrogen-bond acceptors (Lipinski definition) is 1. The summed E-state index contributed by atoms with van der Waals surface area (Å²) in [6.07, 6.45) is 0. The van der Waals surface area contributed by atoms with Crippen LogP contribution in [0.4, 0.5) is 0 Å². The zero-order valence-corrected chi connectivity index (χ0v) is 12.2. The Bertz CT molecular complexity index is 242. The molecule has 0 saturated heterocycles. The molecule has 0 atom stereocenters. The van der Waals surface area contributed by atoms with E-state index in [9.17, 15) is 0 Å². The van der Waals surface area contributed by atoms with Crippen LogP contribution in [0.1, 0.15) is 5.56 Å². The summed E-state index contributed by atoms with van der Waals surface area (Å²) in [7, 11) is 0. The molecule has 12 heavy (non-hydrogen) atoms. The van der Waals surface area contributed by atoms with E-state index in [0.717, 1.165) is 4.90 Å². The van der Waals surface area contributed by atoms with Crippen molar-refractivity contribution < 1.29 is 19.5 Å². The fraction of sp³-hybridized carbons (Fsp3) is 0.143. The van der Waals surface area contributed by atoms with Crippen molar-refractivity contribution in [2.75, 3.05) is 0 Å². The van der Waals surface area contributed by atoms with E-state index in [1.165, 1.54) is 0 Å². The molecule has 1 aromatic carbocycles. The van der Waals surface area contributed by atoms with Crippen LogP contribution in [0.3, 0.4) is 0 Å². The first-order valence-corrected chi connectivity index (χ1v) is 4.44. The van der Waals surface area contributed by atoms with Crippen molar-refractivity contribution in [3.8, 4) is 0 Å². The van der Waals surface area contributed by atoms with Crippen molar-refractivity contribution in [2.45, 2.75) is 8.69 Å². The summed E-state index contributed by atoms with van der Waals surface area (Å²) < 4.78 is -1.33. The van der Waals surface area contributed by atoms with Gasteiger partial charge in [0.25, 0.3) is 0 Å². The molecule has 1 rings (SSSR count). The van der Waals surface area contributed by atoms with Gasteiger partial charge in [0.1, 0.15) is 0 Å². The summed E-state index contributed by atoms with van der Waals surface area (Å²) in [5.74, 6) is 0. The number of alkyl halides is 3. The number of thiol groups is 1. The van der Waals surface area contributed by atoms with E-state index in [0.29, 0.717) is 5.56 Å². The zero-order valence-electron chi connectivity index (χ0n) is 6.10. The molecule has 5 heteroatoms. The molecule has 0 aliphatic carbocycles. The van der Waals surface area contributed by atoms with Gasteiger partial charge in [0.05, 0.1) is 0 Å².